The van der Waals surface area contributed by atoms with Crippen LogP contribution in [0.15, 0.2) is 48.5 Å². The van der Waals surface area contributed by atoms with Crippen LogP contribution in [0.3, 0.4) is 0 Å². The lowest BCUT2D eigenvalue weighted by Crippen LogP contribution is -2.33. The van der Waals surface area contributed by atoms with Crippen LogP contribution in [-0.2, 0) is 19.1 Å². The largest absolute Gasteiger partial charge is 0.497 e. The first-order chi connectivity index (χ1) is 13.9. The number of anilines is 2. The van der Waals surface area contributed by atoms with Gasteiger partial charge in [-0.1, -0.05) is 23.7 Å². The van der Waals surface area contributed by atoms with Gasteiger partial charge in [0.15, 0.2) is 6.10 Å². The lowest BCUT2D eigenvalue weighted by atomic mass is 10.1. The van der Waals surface area contributed by atoms with Crippen LogP contribution in [0.4, 0.5) is 11.4 Å². The van der Waals surface area contributed by atoms with Crippen molar-refractivity contribution in [3.63, 3.8) is 0 Å². The first-order valence-corrected chi connectivity index (χ1v) is 9.46. The van der Waals surface area contributed by atoms with Crippen molar-refractivity contribution in [1.82, 2.24) is 0 Å². The summed E-state index contributed by atoms with van der Waals surface area (Å²) >= 11 is 5.89. The number of amides is 2. The van der Waals surface area contributed by atoms with Gasteiger partial charge in [-0.05, 0) is 37.3 Å². The van der Waals surface area contributed by atoms with Gasteiger partial charge in [0.05, 0.1) is 13.0 Å². The first-order valence-electron chi connectivity index (χ1n) is 9.08. The van der Waals surface area contributed by atoms with E-state index in [0.29, 0.717) is 22.1 Å². The molecule has 2 atom stereocenters. The van der Waals surface area contributed by atoms with E-state index in [9.17, 15) is 14.4 Å². The van der Waals surface area contributed by atoms with Gasteiger partial charge in [-0.2, -0.15) is 0 Å². The second-order valence-electron chi connectivity index (χ2n) is 6.69. The minimum absolute atomic E-state index is 0.0265. The zero-order valence-electron chi connectivity index (χ0n) is 16.1. The second-order valence-corrected chi connectivity index (χ2v) is 7.12. The quantitative estimate of drug-likeness (QED) is 0.730. The number of carbonyl (C=O) groups excluding carboxylic acids is 3. The van der Waals surface area contributed by atoms with Crippen LogP contribution in [0.2, 0.25) is 5.02 Å². The Balaban J connectivity index is 1.59. The van der Waals surface area contributed by atoms with Crippen molar-refractivity contribution in [1.29, 1.82) is 0 Å². The van der Waals surface area contributed by atoms with Gasteiger partial charge in [-0.25, -0.2) is 0 Å². The number of benzene rings is 2. The van der Waals surface area contributed by atoms with Crippen molar-refractivity contribution in [2.75, 3.05) is 23.9 Å². The SMILES string of the molecule is COc1cccc(N2CC(C(=O)OC(C)C(=O)Nc3cccc(Cl)c3)CC2=O)c1. The molecule has 8 heteroatoms. The molecule has 1 aliphatic heterocycles. The molecule has 0 radical (unpaired) electrons. The highest BCUT2D eigenvalue weighted by Crippen LogP contribution is 2.28. The Morgan fingerprint density at radius 1 is 1.21 bits per heavy atom. The maximum absolute atomic E-state index is 12.5. The number of hydrogen-bond donors (Lipinski definition) is 1. The fourth-order valence-corrected chi connectivity index (χ4v) is 3.22. The fraction of sp³-hybridized carbons (Fsp3) is 0.286. The van der Waals surface area contributed by atoms with Gasteiger partial charge in [-0.15, -0.1) is 0 Å². The lowest BCUT2D eigenvalue weighted by molar-refractivity contribution is -0.157. The summed E-state index contributed by atoms with van der Waals surface area (Å²) in [5, 5.41) is 3.12. The molecule has 2 aromatic carbocycles. The van der Waals surface area contributed by atoms with E-state index < -0.39 is 23.9 Å². The molecule has 0 saturated carbocycles. The normalized spacial score (nSPS) is 17.0. The molecule has 1 aliphatic rings. The highest BCUT2D eigenvalue weighted by molar-refractivity contribution is 6.30. The molecule has 0 bridgehead atoms. The third-order valence-electron chi connectivity index (χ3n) is 4.58. The predicted octanol–water partition coefficient (Wildman–Crippen LogP) is 3.27. The average molecular weight is 417 g/mol. The van der Waals surface area contributed by atoms with Crippen LogP contribution < -0.4 is 15.0 Å². The fourth-order valence-electron chi connectivity index (χ4n) is 3.03. The van der Waals surface area contributed by atoms with E-state index in [1.165, 1.54) is 11.8 Å². The van der Waals surface area contributed by atoms with Crippen LogP contribution in [0.1, 0.15) is 13.3 Å². The van der Waals surface area contributed by atoms with Crippen LogP contribution in [0.5, 0.6) is 5.75 Å². The summed E-state index contributed by atoms with van der Waals surface area (Å²) < 4.78 is 10.5. The molecule has 0 spiro atoms. The zero-order valence-corrected chi connectivity index (χ0v) is 16.8. The Labute approximate surface area is 173 Å². The van der Waals surface area contributed by atoms with Gasteiger partial charge in [-0.3, -0.25) is 14.4 Å². The molecule has 3 rings (SSSR count). The van der Waals surface area contributed by atoms with Crippen molar-refractivity contribution in [2.45, 2.75) is 19.4 Å². The molecule has 1 fully saturated rings. The number of nitrogens with zero attached hydrogens (tertiary/aromatic N) is 1. The predicted molar refractivity (Wildman–Crippen MR) is 109 cm³/mol. The topological polar surface area (TPSA) is 84.9 Å². The van der Waals surface area contributed by atoms with E-state index in [1.54, 1.807) is 55.6 Å². The second kappa shape index (κ2) is 8.96. The van der Waals surface area contributed by atoms with Crippen molar-refractivity contribution in [2.24, 2.45) is 5.92 Å². The van der Waals surface area contributed by atoms with E-state index in [0.717, 1.165) is 0 Å². The van der Waals surface area contributed by atoms with Gasteiger partial charge in [0.1, 0.15) is 5.75 Å². The lowest BCUT2D eigenvalue weighted by Gasteiger charge is -2.18. The maximum atomic E-state index is 12.5. The van der Waals surface area contributed by atoms with E-state index in [2.05, 4.69) is 5.32 Å². The molecule has 1 saturated heterocycles. The van der Waals surface area contributed by atoms with Crippen LogP contribution in [0, 0.1) is 5.92 Å². The summed E-state index contributed by atoms with van der Waals surface area (Å²) in [6.07, 6.45) is -0.985. The number of nitrogens with one attached hydrogen (secondary N) is 1. The van der Waals surface area contributed by atoms with Crippen LogP contribution in [-0.4, -0.2) is 37.5 Å². The molecule has 2 aromatic rings. The highest BCUT2D eigenvalue weighted by atomic mass is 35.5. The smallest absolute Gasteiger partial charge is 0.312 e. The molecule has 0 aromatic heterocycles. The summed E-state index contributed by atoms with van der Waals surface area (Å²) in [5.41, 5.74) is 1.15. The van der Waals surface area contributed by atoms with E-state index in [-0.39, 0.29) is 18.9 Å². The maximum Gasteiger partial charge on any atom is 0.312 e. The van der Waals surface area contributed by atoms with E-state index >= 15 is 0 Å². The molecule has 2 unspecified atom stereocenters. The minimum Gasteiger partial charge on any atom is -0.497 e. The van der Waals surface area contributed by atoms with Crippen molar-refractivity contribution in [3.05, 3.63) is 53.6 Å². The average Bonchev–Trinajstić information content (AvgIpc) is 3.10. The molecule has 152 valence electrons. The number of esters is 1. The van der Waals surface area contributed by atoms with E-state index in [1.807, 2.05) is 0 Å². The Bertz CT molecular complexity index is 933. The standard InChI is InChI=1S/C21H21ClN2O5/c1-13(20(26)23-16-6-3-5-15(22)10-16)29-21(27)14-9-19(25)24(12-14)17-7-4-8-18(11-17)28-2/h3-8,10-11,13-14H,9,12H2,1-2H3,(H,23,26). The number of ether oxygens (including phenoxy) is 2. The Kier molecular flexibility index (Phi) is 6.39. The van der Waals surface area contributed by atoms with Gasteiger partial charge in [0, 0.05) is 35.4 Å². The number of methoxy groups -OCH3 is 1. The molecular weight excluding hydrogens is 396 g/mol. The van der Waals surface area contributed by atoms with Crippen LogP contribution in [0.25, 0.3) is 0 Å². The summed E-state index contributed by atoms with van der Waals surface area (Å²) in [7, 11) is 1.54. The number of hydrogen-bond acceptors (Lipinski definition) is 5. The Morgan fingerprint density at radius 3 is 2.69 bits per heavy atom. The first kappa shape index (κ1) is 20.7. The molecule has 2 amide bonds. The van der Waals surface area contributed by atoms with Crippen LogP contribution >= 0.6 is 11.6 Å². The molecule has 1 N–H and O–H groups in total. The van der Waals surface area contributed by atoms with Crippen molar-refractivity contribution in [3.8, 4) is 5.75 Å². The number of carbonyl (C=O) groups is 3. The molecule has 0 aliphatic carbocycles. The summed E-state index contributed by atoms with van der Waals surface area (Å²) in [6, 6.07) is 13.7. The summed E-state index contributed by atoms with van der Waals surface area (Å²) in [4.78, 5) is 38.6. The molecule has 1 heterocycles. The third-order valence-corrected chi connectivity index (χ3v) is 4.81. The van der Waals surface area contributed by atoms with Gasteiger partial charge < -0.3 is 19.7 Å². The molecule has 7 nitrogen and oxygen atoms in total. The Hall–Kier alpha value is -3.06. The summed E-state index contributed by atoms with van der Waals surface area (Å²) in [5.74, 6) is -1.27. The summed E-state index contributed by atoms with van der Waals surface area (Å²) in [6.45, 7) is 1.67. The molecule has 29 heavy (non-hydrogen) atoms. The minimum atomic E-state index is -1.01. The van der Waals surface area contributed by atoms with Crippen molar-refractivity contribution < 1.29 is 23.9 Å². The van der Waals surface area contributed by atoms with Gasteiger partial charge in [0.2, 0.25) is 5.91 Å². The third kappa shape index (κ3) is 5.06. The number of rotatable bonds is 6. The number of halogens is 1. The molecular formula is C21H21ClN2O5. The Morgan fingerprint density at radius 2 is 1.97 bits per heavy atom. The highest BCUT2D eigenvalue weighted by Gasteiger charge is 2.37. The van der Waals surface area contributed by atoms with Crippen molar-refractivity contribution >= 4 is 40.8 Å². The zero-order chi connectivity index (χ0) is 21.0. The van der Waals surface area contributed by atoms with Gasteiger partial charge >= 0.3 is 5.97 Å². The van der Waals surface area contributed by atoms with Gasteiger partial charge in [0.25, 0.3) is 5.91 Å². The van der Waals surface area contributed by atoms with E-state index in [4.69, 9.17) is 21.1 Å². The monoisotopic (exact) mass is 416 g/mol.